The van der Waals surface area contributed by atoms with Gasteiger partial charge in [0.15, 0.2) is 21.5 Å². The lowest BCUT2D eigenvalue weighted by Crippen LogP contribution is -2.50. The Balaban J connectivity index is 1.76. The van der Waals surface area contributed by atoms with Gasteiger partial charge in [-0.1, -0.05) is 0 Å². The Kier molecular flexibility index (Phi) is 4.37. The van der Waals surface area contributed by atoms with Gasteiger partial charge in [0, 0.05) is 11.6 Å². The van der Waals surface area contributed by atoms with Crippen molar-refractivity contribution in [1.29, 1.82) is 0 Å². The van der Waals surface area contributed by atoms with Crippen molar-refractivity contribution in [3.8, 4) is 0 Å². The summed E-state index contributed by atoms with van der Waals surface area (Å²) in [5.41, 5.74) is -0.0200. The molecule has 1 N–H and O–H groups in total. The van der Waals surface area contributed by atoms with Gasteiger partial charge in [-0.15, -0.1) is 0 Å². The van der Waals surface area contributed by atoms with Gasteiger partial charge < -0.3 is 5.32 Å². The SMILES string of the molecule is O=C(N[C@H]1CS(=O)(=O)C[C@@H]1N1CCCC1)c1ccc(F)c(F)c1. The maximum Gasteiger partial charge on any atom is 0.251 e. The van der Waals surface area contributed by atoms with Crippen molar-refractivity contribution >= 4 is 15.7 Å². The molecule has 1 amide bonds. The van der Waals surface area contributed by atoms with Gasteiger partial charge in [-0.25, -0.2) is 17.2 Å². The van der Waals surface area contributed by atoms with E-state index in [2.05, 4.69) is 10.2 Å². The van der Waals surface area contributed by atoms with Crippen LogP contribution < -0.4 is 5.32 Å². The first-order chi connectivity index (χ1) is 10.9. The summed E-state index contributed by atoms with van der Waals surface area (Å²) in [6.07, 6.45) is 2.03. The van der Waals surface area contributed by atoms with Gasteiger partial charge in [-0.2, -0.15) is 0 Å². The van der Waals surface area contributed by atoms with E-state index in [4.69, 9.17) is 0 Å². The molecule has 2 aliphatic rings. The second-order valence-corrected chi connectivity index (χ2v) is 8.25. The monoisotopic (exact) mass is 344 g/mol. The summed E-state index contributed by atoms with van der Waals surface area (Å²) >= 11 is 0. The quantitative estimate of drug-likeness (QED) is 0.887. The predicted molar refractivity (Wildman–Crippen MR) is 80.9 cm³/mol. The molecule has 2 atom stereocenters. The van der Waals surface area contributed by atoms with E-state index >= 15 is 0 Å². The van der Waals surface area contributed by atoms with Crippen molar-refractivity contribution in [2.24, 2.45) is 0 Å². The molecule has 2 aliphatic heterocycles. The first-order valence-electron chi connectivity index (χ1n) is 7.56. The highest BCUT2D eigenvalue weighted by molar-refractivity contribution is 7.91. The molecule has 0 unspecified atom stereocenters. The van der Waals surface area contributed by atoms with Crippen molar-refractivity contribution < 1.29 is 22.0 Å². The van der Waals surface area contributed by atoms with Crippen molar-refractivity contribution in [2.75, 3.05) is 24.6 Å². The van der Waals surface area contributed by atoms with Crippen molar-refractivity contribution in [1.82, 2.24) is 10.2 Å². The van der Waals surface area contributed by atoms with Crippen LogP contribution in [-0.4, -0.2) is 55.9 Å². The molecule has 2 heterocycles. The van der Waals surface area contributed by atoms with E-state index < -0.39 is 33.4 Å². The fourth-order valence-electron chi connectivity index (χ4n) is 3.29. The minimum Gasteiger partial charge on any atom is -0.347 e. The van der Waals surface area contributed by atoms with Crippen LogP contribution in [-0.2, 0) is 9.84 Å². The van der Waals surface area contributed by atoms with Crippen LogP contribution in [0.4, 0.5) is 8.78 Å². The molecule has 2 saturated heterocycles. The Morgan fingerprint density at radius 2 is 1.83 bits per heavy atom. The van der Waals surface area contributed by atoms with Gasteiger partial charge in [0.05, 0.1) is 17.5 Å². The minimum absolute atomic E-state index is 0.0200. The number of likely N-dealkylation sites (tertiary alicyclic amines) is 1. The summed E-state index contributed by atoms with van der Waals surface area (Å²) in [4.78, 5) is 14.3. The maximum absolute atomic E-state index is 13.2. The van der Waals surface area contributed by atoms with Crippen molar-refractivity contribution in [3.63, 3.8) is 0 Å². The number of amides is 1. The van der Waals surface area contributed by atoms with Gasteiger partial charge in [-0.3, -0.25) is 9.69 Å². The van der Waals surface area contributed by atoms with Gasteiger partial charge >= 0.3 is 0 Å². The van der Waals surface area contributed by atoms with Crippen LogP contribution in [0.3, 0.4) is 0 Å². The molecule has 0 aliphatic carbocycles. The molecule has 23 heavy (non-hydrogen) atoms. The highest BCUT2D eigenvalue weighted by Crippen LogP contribution is 2.23. The number of nitrogens with zero attached hydrogens (tertiary/aromatic N) is 1. The molecule has 8 heteroatoms. The Bertz CT molecular complexity index is 717. The second kappa shape index (κ2) is 6.16. The van der Waals surface area contributed by atoms with E-state index in [1.807, 2.05) is 0 Å². The van der Waals surface area contributed by atoms with E-state index in [0.29, 0.717) is 0 Å². The van der Waals surface area contributed by atoms with E-state index in [0.717, 1.165) is 38.1 Å². The van der Waals surface area contributed by atoms with E-state index in [9.17, 15) is 22.0 Å². The largest absolute Gasteiger partial charge is 0.347 e. The van der Waals surface area contributed by atoms with Crippen molar-refractivity contribution in [3.05, 3.63) is 35.4 Å². The average Bonchev–Trinajstić information content (AvgIpc) is 3.09. The first kappa shape index (κ1) is 16.3. The van der Waals surface area contributed by atoms with Crippen LogP contribution in [0.15, 0.2) is 18.2 Å². The molecular formula is C15H18F2N2O3S. The Morgan fingerprint density at radius 1 is 1.13 bits per heavy atom. The van der Waals surface area contributed by atoms with E-state index in [1.165, 1.54) is 6.07 Å². The zero-order valence-corrected chi connectivity index (χ0v) is 13.3. The number of hydrogen-bond donors (Lipinski definition) is 1. The lowest BCUT2D eigenvalue weighted by Gasteiger charge is -2.28. The van der Waals surface area contributed by atoms with Gasteiger partial charge in [-0.05, 0) is 44.1 Å². The zero-order chi connectivity index (χ0) is 16.6. The molecular weight excluding hydrogens is 326 g/mol. The number of hydrogen-bond acceptors (Lipinski definition) is 4. The fourth-order valence-corrected chi connectivity index (χ4v) is 5.24. The summed E-state index contributed by atoms with van der Waals surface area (Å²) in [6, 6.07) is 2.10. The minimum atomic E-state index is -3.22. The lowest BCUT2D eigenvalue weighted by molar-refractivity contribution is 0.0918. The average molecular weight is 344 g/mol. The third-order valence-electron chi connectivity index (χ3n) is 4.43. The summed E-state index contributed by atoms with van der Waals surface area (Å²) in [6.45, 7) is 1.63. The van der Waals surface area contributed by atoms with Crippen LogP contribution in [0.1, 0.15) is 23.2 Å². The molecule has 0 aromatic heterocycles. The number of nitrogens with one attached hydrogen (secondary N) is 1. The standard InChI is InChI=1S/C15H18F2N2O3S/c16-11-4-3-10(7-12(11)17)15(20)18-13-8-23(21,22)9-14(13)19-5-1-2-6-19/h3-4,7,13-14H,1-2,5-6,8-9H2,(H,18,20)/t13-,14-/m0/s1. The van der Waals surface area contributed by atoms with Gasteiger partial charge in [0.1, 0.15) is 0 Å². The molecule has 3 rings (SSSR count). The Hall–Kier alpha value is -1.54. The summed E-state index contributed by atoms with van der Waals surface area (Å²) in [5, 5.41) is 2.68. The van der Waals surface area contributed by atoms with E-state index in [-0.39, 0.29) is 23.1 Å². The van der Waals surface area contributed by atoms with Crippen LogP contribution >= 0.6 is 0 Å². The molecule has 126 valence electrons. The molecule has 0 saturated carbocycles. The van der Waals surface area contributed by atoms with E-state index in [1.54, 1.807) is 0 Å². The molecule has 1 aromatic carbocycles. The maximum atomic E-state index is 13.2. The molecule has 0 spiro atoms. The number of sulfone groups is 1. The van der Waals surface area contributed by atoms with Crippen LogP contribution in [0.5, 0.6) is 0 Å². The Morgan fingerprint density at radius 3 is 2.48 bits per heavy atom. The third kappa shape index (κ3) is 3.53. The number of carbonyl (C=O) groups excluding carboxylic acids is 1. The summed E-state index contributed by atoms with van der Waals surface area (Å²) < 4.78 is 50.1. The molecule has 2 fully saturated rings. The first-order valence-corrected chi connectivity index (χ1v) is 9.38. The van der Waals surface area contributed by atoms with Crippen LogP contribution in [0.25, 0.3) is 0 Å². The lowest BCUT2D eigenvalue weighted by atomic mass is 10.1. The van der Waals surface area contributed by atoms with Gasteiger partial charge in [0.2, 0.25) is 0 Å². The predicted octanol–water partition coefficient (Wildman–Crippen LogP) is 0.956. The summed E-state index contributed by atoms with van der Waals surface area (Å²) in [7, 11) is -3.22. The molecule has 0 bridgehead atoms. The number of benzene rings is 1. The zero-order valence-electron chi connectivity index (χ0n) is 12.5. The number of rotatable bonds is 3. The van der Waals surface area contributed by atoms with Crippen molar-refractivity contribution in [2.45, 2.75) is 24.9 Å². The number of halogens is 2. The summed E-state index contributed by atoms with van der Waals surface area (Å²) in [5.74, 6) is -2.82. The topological polar surface area (TPSA) is 66.5 Å². The van der Waals surface area contributed by atoms with Crippen LogP contribution in [0, 0.1) is 11.6 Å². The van der Waals surface area contributed by atoms with Gasteiger partial charge in [0.25, 0.3) is 5.91 Å². The fraction of sp³-hybridized carbons (Fsp3) is 0.533. The third-order valence-corrected chi connectivity index (χ3v) is 6.15. The Labute approximate surface area is 133 Å². The highest BCUT2D eigenvalue weighted by atomic mass is 32.2. The second-order valence-electron chi connectivity index (χ2n) is 6.10. The molecule has 0 radical (unpaired) electrons. The normalized spacial score (nSPS) is 27.2. The molecule has 5 nitrogen and oxygen atoms in total. The number of carbonyl (C=O) groups is 1. The molecule has 1 aromatic rings. The van der Waals surface area contributed by atoms with Crippen LogP contribution in [0.2, 0.25) is 0 Å². The highest BCUT2D eigenvalue weighted by Gasteiger charge is 2.42. The smallest absolute Gasteiger partial charge is 0.251 e.